The number of non-ortho nitro benzene ring substituents is 1. The molecule has 0 aromatic heterocycles. The number of nitro groups is 1. The summed E-state index contributed by atoms with van der Waals surface area (Å²) in [7, 11) is 0. The molecule has 0 radical (unpaired) electrons. The normalized spacial score (nSPS) is 16.1. The van der Waals surface area contributed by atoms with E-state index < -0.39 is 16.3 Å². The summed E-state index contributed by atoms with van der Waals surface area (Å²) in [6.07, 6.45) is 0. The van der Waals surface area contributed by atoms with Crippen molar-refractivity contribution in [3.8, 4) is 5.75 Å². The SMILES string of the molecule is CC1=NN(c2ccccc2)C(=N)/C1=N/Nc1ccc([N+](=O)[O-])cc1OS(=O)O. The Hall–Kier alpha value is -3.64. The molecule has 0 fully saturated rings. The van der Waals surface area contributed by atoms with Crippen LogP contribution in [0.3, 0.4) is 0 Å². The van der Waals surface area contributed by atoms with Gasteiger partial charge in [-0.1, -0.05) is 18.2 Å². The highest BCUT2D eigenvalue weighted by Gasteiger charge is 2.27. The molecule has 0 saturated carbocycles. The van der Waals surface area contributed by atoms with Gasteiger partial charge >= 0.3 is 11.4 Å². The van der Waals surface area contributed by atoms with E-state index in [1.807, 2.05) is 18.2 Å². The lowest BCUT2D eigenvalue weighted by Gasteiger charge is -2.13. The Balaban J connectivity index is 1.87. The fourth-order valence-corrected chi connectivity index (χ4v) is 2.68. The van der Waals surface area contributed by atoms with Crippen molar-refractivity contribution < 1.29 is 17.9 Å². The molecule has 1 heterocycles. The van der Waals surface area contributed by atoms with Gasteiger partial charge in [0, 0.05) is 6.07 Å². The molecule has 3 N–H and O–H groups in total. The predicted molar refractivity (Wildman–Crippen MR) is 105 cm³/mol. The second-order valence-corrected chi connectivity index (χ2v) is 6.09. The van der Waals surface area contributed by atoms with E-state index in [1.165, 1.54) is 17.1 Å². The number of nitrogens with one attached hydrogen (secondary N) is 2. The van der Waals surface area contributed by atoms with Gasteiger partial charge in [0.1, 0.15) is 5.69 Å². The molecule has 0 aliphatic carbocycles. The van der Waals surface area contributed by atoms with Crippen LogP contribution >= 0.6 is 0 Å². The highest BCUT2D eigenvalue weighted by Crippen LogP contribution is 2.30. The third kappa shape index (κ3) is 4.02. The summed E-state index contributed by atoms with van der Waals surface area (Å²) >= 11 is -2.68. The van der Waals surface area contributed by atoms with Crippen LogP contribution in [0.1, 0.15) is 6.92 Å². The van der Waals surface area contributed by atoms with Crippen LogP contribution in [-0.2, 0) is 11.4 Å². The number of nitro benzene ring substituents is 1. The van der Waals surface area contributed by atoms with Crippen LogP contribution in [-0.4, -0.2) is 30.9 Å². The summed E-state index contributed by atoms with van der Waals surface area (Å²) in [4.78, 5) is 10.2. The van der Waals surface area contributed by atoms with E-state index in [0.29, 0.717) is 11.4 Å². The van der Waals surface area contributed by atoms with Crippen molar-refractivity contribution in [1.29, 1.82) is 5.41 Å². The van der Waals surface area contributed by atoms with Gasteiger partial charge < -0.3 is 4.18 Å². The van der Waals surface area contributed by atoms with Crippen molar-refractivity contribution in [3.05, 3.63) is 58.6 Å². The molecule has 1 aliphatic rings. The zero-order valence-corrected chi connectivity index (χ0v) is 15.2. The van der Waals surface area contributed by atoms with Crippen molar-refractivity contribution in [1.82, 2.24) is 0 Å². The second-order valence-electron chi connectivity index (χ2n) is 5.49. The third-order valence-corrected chi connectivity index (χ3v) is 3.98. The summed E-state index contributed by atoms with van der Waals surface area (Å²) in [6, 6.07) is 12.5. The molecule has 0 spiro atoms. The number of anilines is 2. The lowest BCUT2D eigenvalue weighted by molar-refractivity contribution is -0.384. The number of hydrogen-bond acceptors (Lipinski definition) is 8. The van der Waals surface area contributed by atoms with Gasteiger partial charge in [-0.2, -0.15) is 14.4 Å². The van der Waals surface area contributed by atoms with Gasteiger partial charge in [-0.25, -0.2) is 5.01 Å². The average Bonchev–Trinajstić information content (AvgIpc) is 2.95. The van der Waals surface area contributed by atoms with E-state index in [4.69, 9.17) is 14.1 Å². The minimum absolute atomic E-state index is 0.0197. The van der Waals surface area contributed by atoms with Crippen LogP contribution in [0.25, 0.3) is 0 Å². The van der Waals surface area contributed by atoms with Gasteiger partial charge in [0.15, 0.2) is 17.3 Å². The number of nitrogens with zero attached hydrogens (tertiary/aromatic N) is 4. The van der Waals surface area contributed by atoms with Gasteiger partial charge in [-0.15, -0.1) is 0 Å². The minimum atomic E-state index is -2.68. The highest BCUT2D eigenvalue weighted by atomic mass is 32.2. The molecule has 0 bridgehead atoms. The van der Waals surface area contributed by atoms with Crippen LogP contribution in [0.15, 0.2) is 58.7 Å². The smallest absolute Gasteiger partial charge is 0.357 e. The minimum Gasteiger partial charge on any atom is -0.378 e. The quantitative estimate of drug-likeness (QED) is 0.381. The topological polar surface area (TPSA) is 154 Å². The van der Waals surface area contributed by atoms with Gasteiger partial charge in [0.25, 0.3) is 5.69 Å². The number of hydrazone groups is 2. The van der Waals surface area contributed by atoms with Gasteiger partial charge in [0.05, 0.1) is 22.4 Å². The lowest BCUT2D eigenvalue weighted by Crippen LogP contribution is -2.27. The number of rotatable bonds is 6. The fourth-order valence-electron chi connectivity index (χ4n) is 2.39. The summed E-state index contributed by atoms with van der Waals surface area (Å²) in [5.41, 5.74) is 3.79. The van der Waals surface area contributed by atoms with Gasteiger partial charge in [-0.05, 0) is 25.1 Å². The molecule has 12 heteroatoms. The Labute approximate surface area is 161 Å². The Bertz CT molecular complexity index is 1020. The molecule has 2 aromatic rings. The summed E-state index contributed by atoms with van der Waals surface area (Å²) in [5, 5.41) is 29.0. The van der Waals surface area contributed by atoms with Crippen molar-refractivity contribution in [2.45, 2.75) is 6.92 Å². The monoisotopic (exact) mass is 402 g/mol. The van der Waals surface area contributed by atoms with Crippen molar-refractivity contribution in [3.63, 3.8) is 0 Å². The molecule has 3 rings (SSSR count). The molecule has 11 nitrogen and oxygen atoms in total. The first-order valence-corrected chi connectivity index (χ1v) is 8.81. The van der Waals surface area contributed by atoms with Crippen LogP contribution in [0.4, 0.5) is 17.1 Å². The number of hydrogen-bond donors (Lipinski definition) is 3. The first-order valence-electron chi connectivity index (χ1n) is 7.78. The first-order chi connectivity index (χ1) is 13.4. The lowest BCUT2D eigenvalue weighted by atomic mass is 10.2. The van der Waals surface area contributed by atoms with Crippen LogP contribution in [0.2, 0.25) is 0 Å². The Kier molecular flexibility index (Phi) is 5.42. The average molecular weight is 402 g/mol. The molecule has 1 aliphatic heterocycles. The number of para-hydroxylation sites is 1. The Morgan fingerprint density at radius 1 is 1.32 bits per heavy atom. The zero-order chi connectivity index (χ0) is 20.3. The molecular formula is C16H14N6O5S. The van der Waals surface area contributed by atoms with Gasteiger partial charge in [-0.3, -0.25) is 25.5 Å². The van der Waals surface area contributed by atoms with Crippen LogP contribution in [0.5, 0.6) is 5.75 Å². The highest BCUT2D eigenvalue weighted by molar-refractivity contribution is 7.74. The molecule has 1 atom stereocenters. The van der Waals surface area contributed by atoms with Crippen molar-refractivity contribution >= 4 is 45.7 Å². The van der Waals surface area contributed by atoms with E-state index >= 15 is 0 Å². The van der Waals surface area contributed by atoms with E-state index in [2.05, 4.69) is 15.6 Å². The largest absolute Gasteiger partial charge is 0.378 e. The molecule has 2 aromatic carbocycles. The summed E-state index contributed by atoms with van der Waals surface area (Å²) in [6.45, 7) is 1.67. The maximum Gasteiger partial charge on any atom is 0.357 e. The zero-order valence-electron chi connectivity index (χ0n) is 14.4. The molecule has 1 unspecified atom stereocenters. The van der Waals surface area contributed by atoms with Crippen molar-refractivity contribution in [2.24, 2.45) is 10.2 Å². The number of amidine groups is 1. The maximum atomic E-state index is 11.0. The molecule has 0 saturated heterocycles. The standard InChI is InChI=1S/C16H14N6O5S/c1-10-15(16(17)21(20-10)11-5-3-2-4-6-11)19-18-13-8-7-12(22(23)24)9-14(13)27-28(25)26/h2-9,17-18H,1H3,(H,25,26)/b17-16?,19-15+. The Morgan fingerprint density at radius 2 is 2.04 bits per heavy atom. The molecular weight excluding hydrogens is 388 g/mol. The predicted octanol–water partition coefficient (Wildman–Crippen LogP) is 2.75. The molecule has 0 amide bonds. The second kappa shape index (κ2) is 7.94. The van der Waals surface area contributed by atoms with E-state index in [-0.39, 0.29) is 28.7 Å². The molecule has 28 heavy (non-hydrogen) atoms. The van der Waals surface area contributed by atoms with Crippen LogP contribution < -0.4 is 14.6 Å². The summed E-state index contributed by atoms with van der Waals surface area (Å²) < 4.78 is 24.6. The summed E-state index contributed by atoms with van der Waals surface area (Å²) in [5.74, 6) is -0.218. The van der Waals surface area contributed by atoms with Gasteiger partial charge in [0.2, 0.25) is 0 Å². The first kappa shape index (κ1) is 19.1. The fraction of sp³-hybridized carbons (Fsp3) is 0.0625. The third-order valence-electron chi connectivity index (χ3n) is 3.65. The molecule has 144 valence electrons. The van der Waals surface area contributed by atoms with E-state index in [0.717, 1.165) is 6.07 Å². The number of benzene rings is 2. The Morgan fingerprint density at radius 3 is 2.68 bits per heavy atom. The van der Waals surface area contributed by atoms with Crippen molar-refractivity contribution in [2.75, 3.05) is 10.4 Å². The van der Waals surface area contributed by atoms with E-state index in [9.17, 15) is 14.3 Å². The van der Waals surface area contributed by atoms with E-state index in [1.54, 1.807) is 19.1 Å². The van der Waals surface area contributed by atoms with Crippen LogP contribution in [0, 0.1) is 15.5 Å². The maximum absolute atomic E-state index is 11.0.